The van der Waals surface area contributed by atoms with Crippen molar-refractivity contribution in [1.82, 2.24) is 20.1 Å². The molecule has 1 atom stereocenters. The van der Waals surface area contributed by atoms with E-state index in [1.54, 1.807) is 36.5 Å². The Morgan fingerprint density at radius 3 is 2.65 bits per heavy atom. The number of thiazole rings is 1. The van der Waals surface area contributed by atoms with Crippen LogP contribution < -0.4 is 16.4 Å². The van der Waals surface area contributed by atoms with Gasteiger partial charge in [0.25, 0.3) is 5.91 Å². The van der Waals surface area contributed by atoms with Crippen molar-refractivity contribution in [2.24, 2.45) is 11.7 Å². The minimum absolute atomic E-state index is 0.174. The van der Waals surface area contributed by atoms with Gasteiger partial charge in [-0.15, -0.1) is 11.3 Å². The molecule has 0 radical (unpaired) electrons. The first-order valence-corrected chi connectivity index (χ1v) is 13.3. The predicted molar refractivity (Wildman–Crippen MR) is 142 cm³/mol. The third-order valence-corrected chi connectivity index (χ3v) is 7.09. The first-order valence-electron chi connectivity index (χ1n) is 12.4. The van der Waals surface area contributed by atoms with Crippen LogP contribution in [-0.4, -0.2) is 33.3 Å². The van der Waals surface area contributed by atoms with Crippen molar-refractivity contribution in [3.63, 3.8) is 0 Å². The minimum atomic E-state index is -4.78. The Hall–Kier alpha value is -4.23. The van der Waals surface area contributed by atoms with Crippen LogP contribution in [0.2, 0.25) is 0 Å². The lowest BCUT2D eigenvalue weighted by Crippen LogP contribution is -2.24. The maximum absolute atomic E-state index is 13.6. The zero-order valence-corrected chi connectivity index (χ0v) is 21.8. The van der Waals surface area contributed by atoms with Crippen molar-refractivity contribution in [3.05, 3.63) is 93.7 Å². The highest BCUT2D eigenvalue weighted by Gasteiger charge is 2.36. The number of nitrogens with one attached hydrogen (secondary N) is 2. The molecular formula is C27H25F3N6O3S. The van der Waals surface area contributed by atoms with E-state index < -0.39 is 23.9 Å². The zero-order chi connectivity index (χ0) is 28.3. The standard InChI is InChI=1S/C27H25F3N6O3S/c28-27(29,30)22-13-21(36(35-22)20-6-1-3-17(11-20)15-39-26(31)38)24(37)34-19-5-2-4-18(12-19)23(25-32-9-10-40-25)33-14-16-7-8-16/h1-6,9-13,16,23,33H,7-8,14-15H2,(H2,31,38)(H,34,37). The van der Waals surface area contributed by atoms with E-state index in [9.17, 15) is 22.8 Å². The number of aromatic nitrogens is 3. The van der Waals surface area contributed by atoms with Gasteiger partial charge in [-0.1, -0.05) is 24.3 Å². The van der Waals surface area contributed by atoms with Crippen LogP contribution >= 0.6 is 11.3 Å². The molecule has 4 aromatic rings. The van der Waals surface area contributed by atoms with Crippen molar-refractivity contribution in [2.45, 2.75) is 31.7 Å². The van der Waals surface area contributed by atoms with Crippen LogP contribution in [0.25, 0.3) is 5.69 Å². The Balaban J connectivity index is 1.42. The number of amides is 2. The maximum Gasteiger partial charge on any atom is 0.435 e. The number of hydrogen-bond acceptors (Lipinski definition) is 7. The molecular weight excluding hydrogens is 545 g/mol. The van der Waals surface area contributed by atoms with Gasteiger partial charge in [-0.25, -0.2) is 14.5 Å². The number of carbonyl (C=O) groups excluding carboxylic acids is 2. The summed E-state index contributed by atoms with van der Waals surface area (Å²) < 4.78 is 46.5. The summed E-state index contributed by atoms with van der Waals surface area (Å²) in [5.41, 5.74) is 5.35. The predicted octanol–water partition coefficient (Wildman–Crippen LogP) is 5.28. The number of alkyl halides is 3. The molecule has 0 spiro atoms. The second-order valence-electron chi connectivity index (χ2n) is 9.34. The van der Waals surface area contributed by atoms with Crippen LogP contribution in [0, 0.1) is 5.92 Å². The van der Waals surface area contributed by atoms with E-state index in [0.29, 0.717) is 23.2 Å². The summed E-state index contributed by atoms with van der Waals surface area (Å²) in [6.45, 7) is 0.643. The molecule has 4 N–H and O–H groups in total. The summed E-state index contributed by atoms with van der Waals surface area (Å²) in [4.78, 5) is 28.7. The molecule has 208 valence electrons. The first-order chi connectivity index (χ1) is 19.2. The van der Waals surface area contributed by atoms with E-state index >= 15 is 0 Å². The Kier molecular flexibility index (Phi) is 7.85. The first kappa shape index (κ1) is 27.3. The second-order valence-corrected chi connectivity index (χ2v) is 10.3. The fraction of sp³-hybridized carbons (Fsp3) is 0.259. The lowest BCUT2D eigenvalue weighted by molar-refractivity contribution is -0.141. The average molecular weight is 571 g/mol. The topological polar surface area (TPSA) is 124 Å². The average Bonchev–Trinajstić information content (AvgIpc) is 3.37. The zero-order valence-electron chi connectivity index (χ0n) is 21.0. The van der Waals surface area contributed by atoms with Crippen LogP contribution in [0.3, 0.4) is 0 Å². The third kappa shape index (κ3) is 6.66. The van der Waals surface area contributed by atoms with Crippen LogP contribution in [0.15, 0.2) is 66.2 Å². The number of carbonyl (C=O) groups is 2. The van der Waals surface area contributed by atoms with E-state index in [4.69, 9.17) is 10.5 Å². The van der Waals surface area contributed by atoms with Crippen LogP contribution in [0.5, 0.6) is 0 Å². The summed E-state index contributed by atoms with van der Waals surface area (Å²) in [6.07, 6.45) is -1.68. The summed E-state index contributed by atoms with van der Waals surface area (Å²) in [6, 6.07) is 13.7. The van der Waals surface area contributed by atoms with Crippen LogP contribution in [0.1, 0.15) is 51.2 Å². The van der Waals surface area contributed by atoms with Crippen molar-refractivity contribution in [2.75, 3.05) is 11.9 Å². The highest BCUT2D eigenvalue weighted by Crippen LogP contribution is 2.32. The molecule has 0 aliphatic heterocycles. The van der Waals surface area contributed by atoms with Gasteiger partial charge in [-0.3, -0.25) is 4.79 Å². The van der Waals surface area contributed by atoms with Crippen LogP contribution in [0.4, 0.5) is 23.7 Å². The SMILES string of the molecule is NC(=O)OCc1cccc(-n2nc(C(F)(F)F)cc2C(=O)Nc2cccc(C(NCC3CC3)c3nccs3)c2)c1. The van der Waals surface area contributed by atoms with Gasteiger partial charge in [-0.05, 0) is 60.7 Å². The monoisotopic (exact) mass is 570 g/mol. The lowest BCUT2D eigenvalue weighted by atomic mass is 10.1. The molecule has 1 aliphatic rings. The van der Waals surface area contributed by atoms with E-state index in [1.807, 2.05) is 11.4 Å². The largest absolute Gasteiger partial charge is 0.445 e. The van der Waals surface area contributed by atoms with Gasteiger partial charge in [0.05, 0.1) is 11.7 Å². The quantitative estimate of drug-likeness (QED) is 0.238. The Morgan fingerprint density at radius 2 is 1.95 bits per heavy atom. The Bertz CT molecular complexity index is 1500. The number of hydrogen-bond donors (Lipinski definition) is 3. The number of primary amides is 1. The molecule has 40 heavy (non-hydrogen) atoms. The maximum atomic E-state index is 13.6. The van der Waals surface area contributed by atoms with Crippen molar-refractivity contribution >= 4 is 29.0 Å². The smallest absolute Gasteiger partial charge is 0.435 e. The Morgan fingerprint density at radius 1 is 1.15 bits per heavy atom. The second kappa shape index (κ2) is 11.5. The molecule has 1 saturated carbocycles. The fourth-order valence-corrected chi connectivity index (χ4v) is 4.87. The van der Waals surface area contributed by atoms with Gasteiger partial charge >= 0.3 is 12.3 Å². The summed E-state index contributed by atoms with van der Waals surface area (Å²) >= 11 is 1.51. The number of benzene rings is 2. The summed E-state index contributed by atoms with van der Waals surface area (Å²) in [5.74, 6) is -0.148. The van der Waals surface area contributed by atoms with Gasteiger partial charge in [0, 0.05) is 23.3 Å². The number of nitrogens with two attached hydrogens (primary N) is 1. The number of halogens is 3. The van der Waals surface area contributed by atoms with Crippen molar-refractivity contribution in [1.29, 1.82) is 0 Å². The summed E-state index contributed by atoms with van der Waals surface area (Å²) in [5, 5.41) is 12.7. The van der Waals surface area contributed by atoms with E-state index in [-0.39, 0.29) is 24.0 Å². The van der Waals surface area contributed by atoms with Crippen LogP contribution in [-0.2, 0) is 17.5 Å². The summed E-state index contributed by atoms with van der Waals surface area (Å²) in [7, 11) is 0. The number of ether oxygens (including phenoxy) is 1. The fourth-order valence-electron chi connectivity index (χ4n) is 4.13. The number of rotatable bonds is 10. The molecule has 13 heteroatoms. The van der Waals surface area contributed by atoms with E-state index in [0.717, 1.165) is 21.8 Å². The van der Waals surface area contributed by atoms with Gasteiger partial charge in [0.1, 0.15) is 17.3 Å². The number of nitrogens with zero attached hydrogens (tertiary/aromatic N) is 3. The van der Waals surface area contributed by atoms with E-state index in [2.05, 4.69) is 20.7 Å². The Labute approximate surface area is 231 Å². The highest BCUT2D eigenvalue weighted by atomic mass is 32.1. The normalized spacial score (nSPS) is 14.1. The van der Waals surface area contributed by atoms with Gasteiger partial charge in [0.15, 0.2) is 5.69 Å². The molecule has 1 fully saturated rings. The van der Waals surface area contributed by atoms with E-state index in [1.165, 1.54) is 36.3 Å². The minimum Gasteiger partial charge on any atom is -0.445 e. The van der Waals surface area contributed by atoms with Gasteiger partial charge in [0.2, 0.25) is 0 Å². The van der Waals surface area contributed by atoms with Crippen molar-refractivity contribution < 1.29 is 27.5 Å². The number of anilines is 1. The molecule has 2 heterocycles. The van der Waals surface area contributed by atoms with Gasteiger partial charge < -0.3 is 21.1 Å². The highest BCUT2D eigenvalue weighted by molar-refractivity contribution is 7.09. The molecule has 2 aromatic heterocycles. The molecule has 9 nitrogen and oxygen atoms in total. The van der Waals surface area contributed by atoms with Gasteiger partial charge in [-0.2, -0.15) is 18.3 Å². The molecule has 1 aliphatic carbocycles. The molecule has 0 bridgehead atoms. The third-order valence-electron chi connectivity index (χ3n) is 6.25. The molecule has 2 aromatic carbocycles. The molecule has 1 unspecified atom stereocenters. The molecule has 0 saturated heterocycles. The molecule has 2 amide bonds. The molecule has 5 rings (SSSR count). The van der Waals surface area contributed by atoms with Crippen molar-refractivity contribution in [3.8, 4) is 5.69 Å². The lowest BCUT2D eigenvalue weighted by Gasteiger charge is -2.18.